The first-order valence-electron chi connectivity index (χ1n) is 5.82. The number of hydrogen-bond donors (Lipinski definition) is 0. The Morgan fingerprint density at radius 2 is 2.12 bits per heavy atom. The third-order valence-corrected chi connectivity index (χ3v) is 2.74. The van der Waals surface area contributed by atoms with E-state index in [9.17, 15) is 0 Å². The summed E-state index contributed by atoms with van der Waals surface area (Å²) >= 11 is 3.36. The number of aromatic nitrogens is 2. The summed E-state index contributed by atoms with van der Waals surface area (Å²) in [5.74, 6) is 2.05. The minimum Gasteiger partial charge on any atom is -0.477 e. The second-order valence-corrected chi connectivity index (χ2v) is 4.82. The van der Waals surface area contributed by atoms with Crippen molar-refractivity contribution in [2.24, 2.45) is 5.92 Å². The van der Waals surface area contributed by atoms with Gasteiger partial charge >= 0.3 is 0 Å². The molecule has 0 radical (unpaired) electrons. The smallest absolute Gasteiger partial charge is 0.217 e. The molecule has 3 nitrogen and oxygen atoms in total. The second kappa shape index (κ2) is 6.84. The normalized spacial score (nSPS) is 12.5. The van der Waals surface area contributed by atoms with Gasteiger partial charge in [-0.25, -0.2) is 4.98 Å². The summed E-state index contributed by atoms with van der Waals surface area (Å²) in [6.45, 7) is 7.14. The van der Waals surface area contributed by atoms with Gasteiger partial charge < -0.3 is 4.74 Å². The van der Waals surface area contributed by atoms with Crippen molar-refractivity contribution in [1.29, 1.82) is 0 Å². The third kappa shape index (κ3) is 4.47. The molecule has 1 aromatic rings. The lowest BCUT2D eigenvalue weighted by molar-refractivity contribution is 0.242. The lowest BCUT2D eigenvalue weighted by Crippen LogP contribution is -2.10. The summed E-state index contributed by atoms with van der Waals surface area (Å²) in [5.41, 5.74) is 0. The predicted molar refractivity (Wildman–Crippen MR) is 68.7 cm³/mol. The van der Waals surface area contributed by atoms with Gasteiger partial charge in [-0.3, -0.25) is 0 Å². The lowest BCUT2D eigenvalue weighted by atomic mass is 10.1. The molecular formula is C12H19BrN2O. The molecule has 0 aliphatic rings. The van der Waals surface area contributed by atoms with Crippen LogP contribution in [0, 0.1) is 5.92 Å². The summed E-state index contributed by atoms with van der Waals surface area (Å²) in [7, 11) is 0. The predicted octanol–water partition coefficient (Wildman–Crippen LogP) is 3.62. The molecule has 0 aromatic carbocycles. The Bertz CT molecular complexity index is 331. The molecule has 0 bridgehead atoms. The number of nitrogens with zero attached hydrogens (tertiary/aromatic N) is 2. The van der Waals surface area contributed by atoms with Gasteiger partial charge in [0.15, 0.2) is 0 Å². The van der Waals surface area contributed by atoms with E-state index < -0.39 is 0 Å². The zero-order valence-corrected chi connectivity index (χ0v) is 11.7. The van der Waals surface area contributed by atoms with Crippen molar-refractivity contribution in [2.75, 3.05) is 6.61 Å². The topological polar surface area (TPSA) is 35.0 Å². The average molecular weight is 287 g/mol. The largest absolute Gasteiger partial charge is 0.477 e. The molecule has 0 aliphatic heterocycles. The van der Waals surface area contributed by atoms with Gasteiger partial charge in [-0.1, -0.05) is 27.2 Å². The van der Waals surface area contributed by atoms with Gasteiger partial charge in [0, 0.05) is 12.5 Å². The monoisotopic (exact) mass is 286 g/mol. The second-order valence-electron chi connectivity index (χ2n) is 4.00. The summed E-state index contributed by atoms with van der Waals surface area (Å²) in [4.78, 5) is 8.56. The van der Waals surface area contributed by atoms with Crippen LogP contribution in [-0.4, -0.2) is 16.6 Å². The molecule has 1 heterocycles. The zero-order chi connectivity index (χ0) is 12.0. The SMILES string of the molecule is CCCC(C)COc1cc(Br)nc(CC)n1. The van der Waals surface area contributed by atoms with Crippen LogP contribution in [0.1, 0.15) is 39.4 Å². The van der Waals surface area contributed by atoms with Crippen molar-refractivity contribution in [3.8, 4) is 5.88 Å². The maximum atomic E-state index is 5.66. The highest BCUT2D eigenvalue weighted by Gasteiger charge is 2.05. The van der Waals surface area contributed by atoms with E-state index in [1.807, 2.05) is 13.0 Å². The van der Waals surface area contributed by atoms with E-state index in [0.29, 0.717) is 11.8 Å². The van der Waals surface area contributed by atoms with Crippen molar-refractivity contribution in [1.82, 2.24) is 9.97 Å². The van der Waals surface area contributed by atoms with Crippen molar-refractivity contribution in [3.05, 3.63) is 16.5 Å². The van der Waals surface area contributed by atoms with E-state index in [4.69, 9.17) is 4.74 Å². The van der Waals surface area contributed by atoms with Gasteiger partial charge in [0.1, 0.15) is 10.4 Å². The van der Waals surface area contributed by atoms with Gasteiger partial charge in [-0.2, -0.15) is 4.98 Å². The third-order valence-electron chi connectivity index (χ3n) is 2.33. The standard InChI is InChI=1S/C12H19BrN2O/c1-4-6-9(3)8-16-12-7-10(13)14-11(5-2)15-12/h7,9H,4-6,8H2,1-3H3. The average Bonchev–Trinajstić information content (AvgIpc) is 2.26. The number of aryl methyl sites for hydroxylation is 1. The minimum atomic E-state index is 0.573. The highest BCUT2D eigenvalue weighted by Crippen LogP contribution is 2.16. The van der Waals surface area contributed by atoms with E-state index in [2.05, 4.69) is 39.7 Å². The number of rotatable bonds is 6. The molecule has 0 aliphatic carbocycles. The molecule has 1 aromatic heterocycles. The molecule has 16 heavy (non-hydrogen) atoms. The first kappa shape index (κ1) is 13.4. The molecule has 1 rings (SSSR count). The van der Waals surface area contributed by atoms with Crippen LogP contribution < -0.4 is 4.74 Å². The highest BCUT2D eigenvalue weighted by molar-refractivity contribution is 9.10. The zero-order valence-electron chi connectivity index (χ0n) is 10.2. The number of ether oxygens (including phenoxy) is 1. The Morgan fingerprint density at radius 1 is 1.38 bits per heavy atom. The molecule has 0 saturated carbocycles. The van der Waals surface area contributed by atoms with Crippen molar-refractivity contribution in [3.63, 3.8) is 0 Å². The quantitative estimate of drug-likeness (QED) is 0.750. The van der Waals surface area contributed by atoms with Crippen LogP contribution in [0.25, 0.3) is 0 Å². The Morgan fingerprint density at radius 3 is 2.75 bits per heavy atom. The molecule has 1 atom stereocenters. The summed E-state index contributed by atoms with van der Waals surface area (Å²) < 4.78 is 6.45. The first-order valence-corrected chi connectivity index (χ1v) is 6.61. The van der Waals surface area contributed by atoms with E-state index in [1.54, 1.807) is 0 Å². The lowest BCUT2D eigenvalue weighted by Gasteiger charge is -2.11. The molecule has 1 unspecified atom stereocenters. The maximum Gasteiger partial charge on any atom is 0.217 e. The molecule has 0 spiro atoms. The molecule has 4 heteroatoms. The summed E-state index contributed by atoms with van der Waals surface area (Å²) in [6, 6.07) is 1.82. The van der Waals surface area contributed by atoms with Crippen LogP contribution in [0.4, 0.5) is 0 Å². The fraction of sp³-hybridized carbons (Fsp3) is 0.667. The van der Waals surface area contributed by atoms with E-state index in [1.165, 1.54) is 12.8 Å². The summed E-state index contributed by atoms with van der Waals surface area (Å²) in [5, 5.41) is 0. The fourth-order valence-corrected chi connectivity index (χ4v) is 1.88. The molecule has 0 amide bonds. The Kier molecular flexibility index (Phi) is 5.74. The van der Waals surface area contributed by atoms with Gasteiger partial charge in [-0.15, -0.1) is 0 Å². The van der Waals surface area contributed by atoms with E-state index >= 15 is 0 Å². The minimum absolute atomic E-state index is 0.573. The number of hydrogen-bond acceptors (Lipinski definition) is 3. The first-order chi connectivity index (χ1) is 7.65. The number of halogens is 1. The van der Waals surface area contributed by atoms with Crippen LogP contribution in [0.5, 0.6) is 5.88 Å². The summed E-state index contributed by atoms with van der Waals surface area (Å²) in [6.07, 6.45) is 3.20. The Hall–Kier alpha value is -0.640. The van der Waals surface area contributed by atoms with E-state index in [0.717, 1.165) is 23.5 Å². The fourth-order valence-electron chi connectivity index (χ4n) is 1.48. The van der Waals surface area contributed by atoms with Crippen LogP contribution in [-0.2, 0) is 6.42 Å². The van der Waals surface area contributed by atoms with Crippen LogP contribution in [0.3, 0.4) is 0 Å². The molecule has 0 N–H and O–H groups in total. The van der Waals surface area contributed by atoms with Crippen molar-refractivity contribution >= 4 is 15.9 Å². The maximum absolute atomic E-state index is 5.66. The van der Waals surface area contributed by atoms with Gasteiger partial charge in [0.25, 0.3) is 0 Å². The van der Waals surface area contributed by atoms with E-state index in [-0.39, 0.29) is 0 Å². The molecular weight excluding hydrogens is 268 g/mol. The van der Waals surface area contributed by atoms with Crippen molar-refractivity contribution < 1.29 is 4.74 Å². The van der Waals surface area contributed by atoms with Gasteiger partial charge in [-0.05, 0) is 28.3 Å². The van der Waals surface area contributed by atoms with Crippen molar-refractivity contribution in [2.45, 2.75) is 40.0 Å². The van der Waals surface area contributed by atoms with Crippen LogP contribution >= 0.6 is 15.9 Å². The van der Waals surface area contributed by atoms with Gasteiger partial charge in [0.05, 0.1) is 6.61 Å². The molecule has 0 saturated heterocycles. The Labute approximate surface area is 106 Å². The molecule has 0 fully saturated rings. The van der Waals surface area contributed by atoms with Crippen LogP contribution in [0.15, 0.2) is 10.7 Å². The Balaban J connectivity index is 2.56. The highest BCUT2D eigenvalue weighted by atomic mass is 79.9. The molecule has 90 valence electrons. The van der Waals surface area contributed by atoms with Gasteiger partial charge in [0.2, 0.25) is 5.88 Å². The van der Waals surface area contributed by atoms with Crippen LogP contribution in [0.2, 0.25) is 0 Å².